The molecule has 6 nitrogen and oxygen atoms in total. The van der Waals surface area contributed by atoms with Crippen molar-refractivity contribution < 1.29 is 32.2 Å². The smallest absolute Gasteiger partial charge is 0.417 e. The standard InChI is InChI=1S/C23H25F3N2O4/c1-31-19-8-7-15(13-20(19)32-2)14-21(29)28-11-9-16(10-12-28)27-22(30)17-5-3-4-6-18(17)23(24,25)26/h3-8,13,16H,9-12,14H2,1-2H3,(H,27,30). The minimum atomic E-state index is -4.60. The first-order valence-corrected chi connectivity index (χ1v) is 10.2. The molecule has 1 aliphatic heterocycles. The lowest BCUT2D eigenvalue weighted by Gasteiger charge is -2.32. The Morgan fingerprint density at radius 3 is 2.31 bits per heavy atom. The maximum atomic E-state index is 13.2. The van der Waals surface area contributed by atoms with E-state index in [4.69, 9.17) is 9.47 Å². The first kappa shape index (κ1) is 23.4. The van der Waals surface area contributed by atoms with E-state index in [0.29, 0.717) is 37.4 Å². The lowest BCUT2D eigenvalue weighted by molar-refractivity contribution is -0.138. The molecule has 0 bridgehead atoms. The Hall–Kier alpha value is -3.23. The van der Waals surface area contributed by atoms with Crippen molar-refractivity contribution >= 4 is 11.8 Å². The summed E-state index contributed by atoms with van der Waals surface area (Å²) in [5.41, 5.74) is -0.571. The van der Waals surface area contributed by atoms with Gasteiger partial charge in [0.25, 0.3) is 5.91 Å². The highest BCUT2D eigenvalue weighted by Gasteiger charge is 2.35. The summed E-state index contributed by atoms with van der Waals surface area (Å²) < 4.78 is 49.9. The molecule has 1 saturated heterocycles. The summed E-state index contributed by atoms with van der Waals surface area (Å²) in [7, 11) is 3.06. The van der Waals surface area contributed by atoms with Crippen molar-refractivity contribution in [2.24, 2.45) is 0 Å². The molecule has 1 aliphatic rings. The van der Waals surface area contributed by atoms with Crippen LogP contribution in [0, 0.1) is 0 Å². The van der Waals surface area contributed by atoms with Crippen molar-refractivity contribution in [3.8, 4) is 11.5 Å². The van der Waals surface area contributed by atoms with Crippen LogP contribution in [-0.4, -0.2) is 50.1 Å². The Morgan fingerprint density at radius 1 is 1.03 bits per heavy atom. The van der Waals surface area contributed by atoms with Gasteiger partial charge in [-0.25, -0.2) is 0 Å². The first-order chi connectivity index (χ1) is 15.2. The van der Waals surface area contributed by atoms with Crippen molar-refractivity contribution in [3.63, 3.8) is 0 Å². The molecule has 1 N–H and O–H groups in total. The van der Waals surface area contributed by atoms with Crippen molar-refractivity contribution in [2.45, 2.75) is 31.5 Å². The maximum Gasteiger partial charge on any atom is 0.417 e. The molecule has 1 fully saturated rings. The van der Waals surface area contributed by atoms with Crippen molar-refractivity contribution in [3.05, 3.63) is 59.2 Å². The molecular weight excluding hydrogens is 425 g/mol. The zero-order chi connectivity index (χ0) is 23.3. The highest BCUT2D eigenvalue weighted by atomic mass is 19.4. The van der Waals surface area contributed by atoms with E-state index in [0.717, 1.165) is 11.6 Å². The van der Waals surface area contributed by atoms with Gasteiger partial charge in [0.05, 0.1) is 31.8 Å². The molecule has 2 aromatic rings. The lowest BCUT2D eigenvalue weighted by Crippen LogP contribution is -2.47. The molecule has 2 amide bonds. The number of hydrogen-bond acceptors (Lipinski definition) is 4. The summed E-state index contributed by atoms with van der Waals surface area (Å²) in [4.78, 5) is 26.8. The second-order valence-electron chi connectivity index (χ2n) is 7.54. The molecule has 0 saturated carbocycles. The van der Waals surface area contributed by atoms with Crippen molar-refractivity contribution in [2.75, 3.05) is 27.3 Å². The maximum absolute atomic E-state index is 13.2. The molecule has 3 rings (SSSR count). The van der Waals surface area contributed by atoms with Crippen molar-refractivity contribution in [1.82, 2.24) is 10.2 Å². The third kappa shape index (κ3) is 5.52. The van der Waals surface area contributed by atoms with Crippen LogP contribution in [0.5, 0.6) is 11.5 Å². The van der Waals surface area contributed by atoms with E-state index >= 15 is 0 Å². The predicted octanol–water partition coefficient (Wildman–Crippen LogP) is 3.69. The molecule has 0 spiro atoms. The molecule has 32 heavy (non-hydrogen) atoms. The summed E-state index contributed by atoms with van der Waals surface area (Å²) in [5, 5.41) is 2.68. The fraction of sp³-hybridized carbons (Fsp3) is 0.391. The minimum absolute atomic E-state index is 0.0654. The Labute approximate surface area is 184 Å². The normalized spacial score (nSPS) is 14.7. The van der Waals surface area contributed by atoms with Crippen LogP contribution in [0.25, 0.3) is 0 Å². The number of hydrogen-bond donors (Lipinski definition) is 1. The number of rotatable bonds is 6. The molecule has 172 valence electrons. The quantitative estimate of drug-likeness (QED) is 0.729. The molecule has 1 heterocycles. The average molecular weight is 450 g/mol. The van der Waals surface area contributed by atoms with Gasteiger partial charge in [0, 0.05) is 19.1 Å². The van der Waals surface area contributed by atoms with Gasteiger partial charge in [-0.3, -0.25) is 9.59 Å². The average Bonchev–Trinajstić information content (AvgIpc) is 2.78. The Bertz CT molecular complexity index is 970. The van der Waals surface area contributed by atoms with Crippen LogP contribution in [0.4, 0.5) is 13.2 Å². The van der Waals surface area contributed by atoms with Crippen molar-refractivity contribution in [1.29, 1.82) is 0 Å². The summed E-state index contributed by atoms with van der Waals surface area (Å²) in [6.07, 6.45) is -3.47. The van der Waals surface area contributed by atoms with E-state index in [9.17, 15) is 22.8 Å². The number of methoxy groups -OCH3 is 2. The summed E-state index contributed by atoms with van der Waals surface area (Å²) in [6.45, 7) is 0.829. The largest absolute Gasteiger partial charge is 0.493 e. The monoisotopic (exact) mass is 450 g/mol. The van der Waals surface area contributed by atoms with Gasteiger partial charge in [0.1, 0.15) is 0 Å². The number of piperidine rings is 1. The first-order valence-electron chi connectivity index (χ1n) is 10.2. The summed E-state index contributed by atoms with van der Waals surface area (Å²) in [6, 6.07) is 9.70. The van der Waals surface area contributed by atoms with Crippen LogP contribution < -0.4 is 14.8 Å². The van der Waals surface area contributed by atoms with Gasteiger partial charge in [-0.2, -0.15) is 13.2 Å². The number of nitrogens with one attached hydrogen (secondary N) is 1. The molecular formula is C23H25F3N2O4. The second kappa shape index (κ2) is 9.93. The fourth-order valence-electron chi connectivity index (χ4n) is 3.74. The van der Waals surface area contributed by atoms with Crippen LogP contribution in [-0.2, 0) is 17.4 Å². The van der Waals surface area contributed by atoms with Gasteiger partial charge in [-0.15, -0.1) is 0 Å². The van der Waals surface area contributed by atoms with Gasteiger partial charge >= 0.3 is 6.18 Å². The van der Waals surface area contributed by atoms with Crippen LogP contribution in [0.2, 0.25) is 0 Å². The van der Waals surface area contributed by atoms with Crippen LogP contribution in [0.15, 0.2) is 42.5 Å². The Morgan fingerprint density at radius 2 is 1.69 bits per heavy atom. The van der Waals surface area contributed by atoms with Gasteiger partial charge < -0.3 is 19.7 Å². The molecule has 9 heteroatoms. The number of alkyl halides is 3. The predicted molar refractivity (Wildman–Crippen MR) is 112 cm³/mol. The van der Waals surface area contributed by atoms with E-state index in [2.05, 4.69) is 5.32 Å². The molecule has 0 aliphatic carbocycles. The Balaban J connectivity index is 1.55. The topological polar surface area (TPSA) is 67.9 Å². The minimum Gasteiger partial charge on any atom is -0.493 e. The summed E-state index contributed by atoms with van der Waals surface area (Å²) in [5.74, 6) is 0.295. The van der Waals surface area contributed by atoms with Crippen LogP contribution >= 0.6 is 0 Å². The SMILES string of the molecule is COc1ccc(CC(=O)N2CCC(NC(=O)c3ccccc3C(F)(F)F)CC2)cc1OC. The van der Waals surface area contributed by atoms with E-state index in [-0.39, 0.29) is 18.4 Å². The number of carbonyl (C=O) groups is 2. The van der Waals surface area contributed by atoms with Gasteiger partial charge in [0.15, 0.2) is 11.5 Å². The molecule has 0 atom stereocenters. The molecule has 2 aromatic carbocycles. The van der Waals surface area contributed by atoms with E-state index < -0.39 is 23.2 Å². The number of halogens is 3. The number of likely N-dealkylation sites (tertiary alicyclic amines) is 1. The number of carbonyl (C=O) groups excluding carboxylic acids is 2. The van der Waals surface area contributed by atoms with Gasteiger partial charge in [-0.05, 0) is 42.7 Å². The zero-order valence-corrected chi connectivity index (χ0v) is 17.9. The molecule has 0 radical (unpaired) electrons. The number of nitrogens with zero attached hydrogens (tertiary/aromatic N) is 1. The lowest BCUT2D eigenvalue weighted by atomic mass is 10.0. The highest BCUT2D eigenvalue weighted by molar-refractivity contribution is 5.96. The molecule has 0 unspecified atom stereocenters. The third-order valence-electron chi connectivity index (χ3n) is 5.46. The zero-order valence-electron chi connectivity index (χ0n) is 17.9. The number of ether oxygens (including phenoxy) is 2. The summed E-state index contributed by atoms with van der Waals surface area (Å²) >= 11 is 0. The van der Waals surface area contributed by atoms with Crippen LogP contribution in [0.1, 0.15) is 34.3 Å². The molecule has 0 aromatic heterocycles. The van der Waals surface area contributed by atoms with Gasteiger partial charge in [-0.1, -0.05) is 18.2 Å². The number of amides is 2. The van der Waals surface area contributed by atoms with E-state index in [1.807, 2.05) is 0 Å². The fourth-order valence-corrected chi connectivity index (χ4v) is 3.74. The van der Waals surface area contributed by atoms with E-state index in [1.54, 1.807) is 23.1 Å². The second-order valence-corrected chi connectivity index (χ2v) is 7.54. The van der Waals surface area contributed by atoms with Crippen LogP contribution in [0.3, 0.4) is 0 Å². The highest BCUT2D eigenvalue weighted by Crippen LogP contribution is 2.32. The Kier molecular flexibility index (Phi) is 7.27. The van der Waals surface area contributed by atoms with E-state index in [1.165, 1.54) is 32.4 Å². The third-order valence-corrected chi connectivity index (χ3v) is 5.46. The van der Waals surface area contributed by atoms with Gasteiger partial charge in [0.2, 0.25) is 5.91 Å². The number of benzene rings is 2.